The van der Waals surface area contributed by atoms with Crippen molar-refractivity contribution in [1.29, 1.82) is 0 Å². The second-order valence-electron chi connectivity index (χ2n) is 7.70. The Kier molecular flexibility index (Phi) is 6.22. The Morgan fingerprint density at radius 1 is 1.23 bits per heavy atom. The van der Waals surface area contributed by atoms with Crippen molar-refractivity contribution in [1.82, 2.24) is 15.5 Å². The molecule has 2 saturated heterocycles. The smallest absolute Gasteiger partial charge is 0.338 e. The molecular weight excluding hydrogens is 412 g/mol. The Morgan fingerprint density at radius 3 is 2.58 bits per heavy atom. The summed E-state index contributed by atoms with van der Waals surface area (Å²) in [5.74, 6) is -3.24. The minimum absolute atomic E-state index is 0.134. The summed E-state index contributed by atoms with van der Waals surface area (Å²) < 4.78 is 44.0. The van der Waals surface area contributed by atoms with Gasteiger partial charge in [0.1, 0.15) is 0 Å². The lowest BCUT2D eigenvalue weighted by atomic mass is 9.94. The van der Waals surface area contributed by atoms with E-state index in [9.17, 15) is 18.4 Å². The molecule has 0 bridgehead atoms. The van der Waals surface area contributed by atoms with Crippen LogP contribution >= 0.6 is 0 Å². The number of hydrogen-bond donors (Lipinski definition) is 2. The number of esters is 1. The first-order valence-corrected chi connectivity index (χ1v) is 10.3. The van der Waals surface area contributed by atoms with Crippen LogP contribution in [0.4, 0.5) is 13.6 Å². The summed E-state index contributed by atoms with van der Waals surface area (Å²) in [5, 5.41) is 5.32. The van der Waals surface area contributed by atoms with E-state index in [-0.39, 0.29) is 24.3 Å². The van der Waals surface area contributed by atoms with E-state index < -0.39 is 35.5 Å². The highest BCUT2D eigenvalue weighted by atomic mass is 19.2. The van der Waals surface area contributed by atoms with E-state index in [1.807, 2.05) is 0 Å². The number of halogens is 2. The third kappa shape index (κ3) is 4.56. The van der Waals surface area contributed by atoms with Crippen molar-refractivity contribution in [2.24, 2.45) is 0 Å². The summed E-state index contributed by atoms with van der Waals surface area (Å²) in [5.41, 5.74) is 0.793. The van der Waals surface area contributed by atoms with E-state index in [0.29, 0.717) is 44.8 Å². The van der Waals surface area contributed by atoms with Crippen molar-refractivity contribution in [3.63, 3.8) is 0 Å². The zero-order chi connectivity index (χ0) is 22.0. The van der Waals surface area contributed by atoms with Gasteiger partial charge < -0.3 is 24.8 Å². The molecule has 2 amide bonds. The highest BCUT2D eigenvalue weighted by Crippen LogP contribution is 2.33. The number of piperidine rings is 1. The Bertz CT molecular complexity index is 891. The summed E-state index contributed by atoms with van der Waals surface area (Å²) in [4.78, 5) is 27.2. The predicted octanol–water partition coefficient (Wildman–Crippen LogP) is 1.97. The highest BCUT2D eigenvalue weighted by Gasteiger charge is 2.41. The second kappa shape index (κ2) is 8.89. The minimum Gasteiger partial charge on any atom is -0.463 e. The van der Waals surface area contributed by atoms with Gasteiger partial charge in [-0.1, -0.05) is 6.07 Å². The number of nitrogens with zero attached hydrogens (tertiary/aromatic N) is 1. The molecule has 0 aromatic heterocycles. The van der Waals surface area contributed by atoms with Crippen molar-refractivity contribution in [2.75, 3.05) is 39.5 Å². The van der Waals surface area contributed by atoms with Gasteiger partial charge in [0.2, 0.25) is 0 Å². The summed E-state index contributed by atoms with van der Waals surface area (Å²) in [6.07, 6.45) is 1.35. The van der Waals surface area contributed by atoms with Crippen LogP contribution in [0.2, 0.25) is 0 Å². The SMILES string of the molecule is CCOC(=O)C1=C(CN2CCC3(CC2)OCCO3)NC(=O)N[C@H]1c1ccc(F)c(F)c1. The largest absolute Gasteiger partial charge is 0.463 e. The lowest BCUT2D eigenvalue weighted by Gasteiger charge is -2.39. The molecule has 0 saturated carbocycles. The van der Waals surface area contributed by atoms with Gasteiger partial charge in [0.15, 0.2) is 17.4 Å². The quantitative estimate of drug-likeness (QED) is 0.685. The van der Waals surface area contributed by atoms with Crippen molar-refractivity contribution in [3.8, 4) is 0 Å². The average molecular weight is 437 g/mol. The van der Waals surface area contributed by atoms with Crippen LogP contribution in [-0.2, 0) is 19.0 Å². The maximum atomic E-state index is 13.9. The van der Waals surface area contributed by atoms with Crippen LogP contribution in [0, 0.1) is 11.6 Å². The van der Waals surface area contributed by atoms with Gasteiger partial charge in [0, 0.05) is 38.2 Å². The topological polar surface area (TPSA) is 89.1 Å². The number of carbonyl (C=O) groups excluding carboxylic acids is 2. The number of hydrogen-bond acceptors (Lipinski definition) is 6. The summed E-state index contributed by atoms with van der Waals surface area (Å²) >= 11 is 0. The zero-order valence-electron chi connectivity index (χ0n) is 17.2. The first-order chi connectivity index (χ1) is 14.9. The Morgan fingerprint density at radius 2 is 1.94 bits per heavy atom. The van der Waals surface area contributed by atoms with Gasteiger partial charge in [0.05, 0.1) is 31.4 Å². The minimum atomic E-state index is -1.06. The summed E-state index contributed by atoms with van der Waals surface area (Å²) in [7, 11) is 0. The van der Waals surface area contributed by atoms with Gasteiger partial charge in [-0.2, -0.15) is 0 Å². The molecule has 1 spiro atoms. The van der Waals surface area contributed by atoms with E-state index in [2.05, 4.69) is 15.5 Å². The molecule has 1 aromatic carbocycles. The van der Waals surface area contributed by atoms with Crippen LogP contribution in [-0.4, -0.2) is 62.1 Å². The van der Waals surface area contributed by atoms with Crippen LogP contribution in [0.15, 0.2) is 29.5 Å². The molecule has 0 aliphatic carbocycles. The van der Waals surface area contributed by atoms with Gasteiger partial charge in [-0.05, 0) is 24.6 Å². The molecule has 3 aliphatic heterocycles. The van der Waals surface area contributed by atoms with Gasteiger partial charge in [-0.25, -0.2) is 18.4 Å². The molecule has 4 rings (SSSR count). The van der Waals surface area contributed by atoms with Crippen LogP contribution in [0.1, 0.15) is 31.4 Å². The molecule has 2 fully saturated rings. The third-order valence-corrected chi connectivity index (χ3v) is 5.74. The third-order valence-electron chi connectivity index (χ3n) is 5.74. The molecule has 1 atom stereocenters. The molecule has 168 valence electrons. The van der Waals surface area contributed by atoms with Crippen molar-refractivity contribution in [3.05, 3.63) is 46.7 Å². The van der Waals surface area contributed by atoms with Crippen LogP contribution in [0.3, 0.4) is 0 Å². The fraction of sp³-hybridized carbons (Fsp3) is 0.524. The fourth-order valence-electron chi connectivity index (χ4n) is 4.20. The first-order valence-electron chi connectivity index (χ1n) is 10.3. The number of nitrogens with one attached hydrogen (secondary N) is 2. The molecule has 3 heterocycles. The van der Waals surface area contributed by atoms with E-state index >= 15 is 0 Å². The number of benzene rings is 1. The Labute approximate surface area is 178 Å². The molecule has 0 radical (unpaired) electrons. The van der Waals surface area contributed by atoms with Gasteiger partial charge in [0.25, 0.3) is 0 Å². The Hall–Kier alpha value is -2.56. The molecule has 0 unspecified atom stereocenters. The molecule has 3 aliphatic rings. The van der Waals surface area contributed by atoms with Gasteiger partial charge in [-0.15, -0.1) is 0 Å². The number of likely N-dealkylation sites (tertiary alicyclic amines) is 1. The maximum absolute atomic E-state index is 13.9. The van der Waals surface area contributed by atoms with Crippen LogP contribution in [0.5, 0.6) is 0 Å². The number of ether oxygens (including phenoxy) is 3. The lowest BCUT2D eigenvalue weighted by molar-refractivity contribution is -0.184. The number of rotatable bonds is 5. The molecule has 1 aromatic rings. The van der Waals surface area contributed by atoms with E-state index in [1.165, 1.54) is 6.07 Å². The van der Waals surface area contributed by atoms with Crippen molar-refractivity contribution >= 4 is 12.0 Å². The van der Waals surface area contributed by atoms with Crippen LogP contribution in [0.25, 0.3) is 0 Å². The fourth-order valence-corrected chi connectivity index (χ4v) is 4.20. The summed E-state index contributed by atoms with van der Waals surface area (Å²) in [6.45, 7) is 4.56. The number of amides is 2. The van der Waals surface area contributed by atoms with E-state index in [4.69, 9.17) is 14.2 Å². The molecular formula is C21H25F2N3O5. The van der Waals surface area contributed by atoms with E-state index in [1.54, 1.807) is 6.92 Å². The first kappa shape index (κ1) is 21.7. The lowest BCUT2D eigenvalue weighted by Crippen LogP contribution is -2.51. The monoisotopic (exact) mass is 437 g/mol. The second-order valence-corrected chi connectivity index (χ2v) is 7.70. The van der Waals surface area contributed by atoms with Crippen LogP contribution < -0.4 is 10.6 Å². The molecule has 8 nitrogen and oxygen atoms in total. The average Bonchev–Trinajstić information content (AvgIpc) is 3.20. The maximum Gasteiger partial charge on any atom is 0.338 e. The Balaban J connectivity index is 1.61. The van der Waals surface area contributed by atoms with Crippen molar-refractivity contribution in [2.45, 2.75) is 31.6 Å². The zero-order valence-corrected chi connectivity index (χ0v) is 17.2. The molecule has 10 heteroatoms. The predicted molar refractivity (Wildman–Crippen MR) is 105 cm³/mol. The number of urea groups is 1. The van der Waals surface area contributed by atoms with Gasteiger partial charge in [-0.3, -0.25) is 4.90 Å². The van der Waals surface area contributed by atoms with Crippen molar-refractivity contribution < 1.29 is 32.6 Å². The number of carbonyl (C=O) groups is 2. The normalized spacial score (nSPS) is 23.6. The standard InChI is InChI=1S/C21H25F2N3O5/c1-2-29-19(27)17-16(12-26-7-5-21(6-8-26)30-9-10-31-21)24-20(28)25-18(17)13-3-4-14(22)15(23)11-13/h3-4,11,18H,2,5-10,12H2,1H3,(H2,24,25,28)/t18-/m0/s1. The highest BCUT2D eigenvalue weighted by molar-refractivity contribution is 5.95. The summed E-state index contributed by atoms with van der Waals surface area (Å²) in [6, 6.07) is 1.78. The van der Waals surface area contributed by atoms with Gasteiger partial charge >= 0.3 is 12.0 Å². The van der Waals surface area contributed by atoms with E-state index in [0.717, 1.165) is 12.1 Å². The molecule has 31 heavy (non-hydrogen) atoms. The molecule has 2 N–H and O–H groups in total.